The molecule has 0 atom stereocenters. The van der Waals surface area contributed by atoms with Crippen molar-refractivity contribution in [2.75, 3.05) is 36.4 Å². The minimum Gasteiger partial charge on any atom is -0.451 e. The Labute approximate surface area is 202 Å². The van der Waals surface area contributed by atoms with Crippen LogP contribution < -0.4 is 10.2 Å². The first-order valence-electron chi connectivity index (χ1n) is 10.2. The standard InChI is InChI=1S/C23H18Cl2F3N3O3/c24-15-3-1-14(2-4-15)19-7-8-20(34-19)21(32)29-17-13-16(25)5-6-18(17)30-9-11-31(12-10-30)22(33)23(26,27)28/h1-8,13H,9-12H2,(H,29,32). The van der Waals surface area contributed by atoms with Gasteiger partial charge in [0, 0.05) is 41.8 Å². The predicted molar refractivity (Wildman–Crippen MR) is 123 cm³/mol. The lowest BCUT2D eigenvalue weighted by Gasteiger charge is -2.37. The molecule has 1 aliphatic heterocycles. The molecule has 0 bridgehead atoms. The Hall–Kier alpha value is -3.17. The van der Waals surface area contributed by atoms with Gasteiger partial charge in [-0.15, -0.1) is 0 Å². The maximum atomic E-state index is 12.8. The first-order valence-corrected chi connectivity index (χ1v) is 10.9. The Morgan fingerprint density at radius 2 is 1.53 bits per heavy atom. The number of amides is 2. The molecule has 0 unspecified atom stereocenters. The normalized spacial score (nSPS) is 14.3. The summed E-state index contributed by atoms with van der Waals surface area (Å²) in [5.41, 5.74) is 1.69. The SMILES string of the molecule is O=C(Nc1cc(Cl)ccc1N1CCN(C(=O)C(F)(F)F)CC1)c1ccc(-c2ccc(Cl)cc2)o1. The molecule has 6 nitrogen and oxygen atoms in total. The molecule has 0 aliphatic carbocycles. The molecule has 2 heterocycles. The molecular formula is C23H18Cl2F3N3O3. The van der Waals surface area contributed by atoms with Crippen molar-refractivity contribution < 1.29 is 27.2 Å². The number of furan rings is 1. The maximum absolute atomic E-state index is 12.8. The van der Waals surface area contributed by atoms with E-state index in [2.05, 4.69) is 5.32 Å². The number of nitrogens with zero attached hydrogens (tertiary/aromatic N) is 2. The van der Waals surface area contributed by atoms with Gasteiger partial charge in [0.2, 0.25) is 0 Å². The number of benzene rings is 2. The van der Waals surface area contributed by atoms with E-state index in [1.54, 1.807) is 53.4 Å². The zero-order valence-electron chi connectivity index (χ0n) is 17.5. The number of halogens is 5. The first kappa shape index (κ1) is 24.0. The third kappa shape index (κ3) is 5.31. The Balaban J connectivity index is 1.48. The van der Waals surface area contributed by atoms with Gasteiger partial charge >= 0.3 is 12.1 Å². The predicted octanol–water partition coefficient (Wildman–Crippen LogP) is 5.72. The molecule has 4 rings (SSSR count). The van der Waals surface area contributed by atoms with Gasteiger partial charge < -0.3 is 19.5 Å². The molecule has 1 aliphatic rings. The summed E-state index contributed by atoms with van der Waals surface area (Å²) < 4.78 is 43.8. The largest absolute Gasteiger partial charge is 0.471 e. The van der Waals surface area contributed by atoms with E-state index in [1.807, 2.05) is 0 Å². The van der Waals surface area contributed by atoms with Crippen LogP contribution in [0.1, 0.15) is 10.6 Å². The van der Waals surface area contributed by atoms with Crippen molar-refractivity contribution in [1.29, 1.82) is 0 Å². The Kier molecular flexibility index (Phi) is 6.77. The molecular weight excluding hydrogens is 494 g/mol. The minimum absolute atomic E-state index is 0.0662. The lowest BCUT2D eigenvalue weighted by atomic mass is 10.2. The third-order valence-electron chi connectivity index (χ3n) is 5.32. The van der Waals surface area contributed by atoms with E-state index < -0.39 is 18.0 Å². The van der Waals surface area contributed by atoms with E-state index >= 15 is 0 Å². The van der Waals surface area contributed by atoms with Gasteiger partial charge in [-0.2, -0.15) is 13.2 Å². The highest BCUT2D eigenvalue weighted by atomic mass is 35.5. The first-order chi connectivity index (χ1) is 16.1. The number of nitrogens with one attached hydrogen (secondary N) is 1. The topological polar surface area (TPSA) is 65.8 Å². The Bertz CT molecular complexity index is 1200. The molecule has 0 saturated carbocycles. The van der Waals surface area contributed by atoms with Crippen molar-refractivity contribution >= 4 is 46.4 Å². The fourth-order valence-corrected chi connectivity index (χ4v) is 3.93. The highest BCUT2D eigenvalue weighted by Crippen LogP contribution is 2.32. The number of carbonyl (C=O) groups excluding carboxylic acids is 2. The van der Waals surface area contributed by atoms with Gasteiger partial charge in [0.1, 0.15) is 5.76 Å². The zero-order valence-corrected chi connectivity index (χ0v) is 19.0. The third-order valence-corrected chi connectivity index (χ3v) is 5.80. The van der Waals surface area contributed by atoms with Gasteiger partial charge in [0.05, 0.1) is 11.4 Å². The summed E-state index contributed by atoms with van der Waals surface area (Å²) in [6.45, 7) is 0.121. The molecule has 1 saturated heterocycles. The van der Waals surface area contributed by atoms with Crippen LogP contribution in [0.25, 0.3) is 11.3 Å². The molecule has 178 valence electrons. The second-order valence-corrected chi connectivity index (χ2v) is 8.44. The van der Waals surface area contributed by atoms with Crippen LogP contribution in [0.4, 0.5) is 24.5 Å². The van der Waals surface area contributed by atoms with E-state index in [4.69, 9.17) is 27.6 Å². The van der Waals surface area contributed by atoms with E-state index in [-0.39, 0.29) is 31.9 Å². The molecule has 1 aromatic heterocycles. The summed E-state index contributed by atoms with van der Waals surface area (Å²) in [6.07, 6.45) is -4.91. The molecule has 0 radical (unpaired) electrons. The number of piperazine rings is 1. The quantitative estimate of drug-likeness (QED) is 0.486. The fourth-order valence-electron chi connectivity index (χ4n) is 3.63. The number of hydrogen-bond acceptors (Lipinski definition) is 4. The summed E-state index contributed by atoms with van der Waals surface area (Å²) in [7, 11) is 0. The monoisotopic (exact) mass is 511 g/mol. The van der Waals surface area contributed by atoms with Gasteiger partial charge in [0.25, 0.3) is 5.91 Å². The maximum Gasteiger partial charge on any atom is 0.471 e. The summed E-state index contributed by atoms with van der Waals surface area (Å²) in [6, 6.07) is 15.0. The van der Waals surface area contributed by atoms with Crippen LogP contribution in [0, 0.1) is 0 Å². The summed E-state index contributed by atoms with van der Waals surface area (Å²) >= 11 is 12.0. The molecule has 11 heteroatoms. The summed E-state index contributed by atoms with van der Waals surface area (Å²) in [5, 5.41) is 3.70. The summed E-state index contributed by atoms with van der Waals surface area (Å²) in [5.74, 6) is -1.82. The van der Waals surface area contributed by atoms with Crippen LogP contribution in [0.5, 0.6) is 0 Å². The number of rotatable bonds is 4. The van der Waals surface area contributed by atoms with E-state index in [0.29, 0.717) is 27.2 Å². The molecule has 2 amide bonds. The molecule has 34 heavy (non-hydrogen) atoms. The molecule has 3 aromatic rings. The van der Waals surface area contributed by atoms with Crippen LogP contribution in [0.15, 0.2) is 59.0 Å². The Morgan fingerprint density at radius 1 is 0.882 bits per heavy atom. The molecule has 1 fully saturated rings. The van der Waals surface area contributed by atoms with Crippen LogP contribution in [-0.2, 0) is 4.79 Å². The Morgan fingerprint density at radius 3 is 2.18 bits per heavy atom. The van der Waals surface area contributed by atoms with E-state index in [9.17, 15) is 22.8 Å². The van der Waals surface area contributed by atoms with Gasteiger partial charge in [-0.05, 0) is 54.6 Å². The highest BCUT2D eigenvalue weighted by molar-refractivity contribution is 6.31. The van der Waals surface area contributed by atoms with Crippen LogP contribution in [-0.4, -0.2) is 49.1 Å². The second-order valence-electron chi connectivity index (χ2n) is 7.56. The number of anilines is 2. The van der Waals surface area contributed by atoms with Crippen molar-refractivity contribution in [3.63, 3.8) is 0 Å². The van der Waals surface area contributed by atoms with Crippen molar-refractivity contribution in [3.8, 4) is 11.3 Å². The molecule has 2 aromatic carbocycles. The lowest BCUT2D eigenvalue weighted by Crippen LogP contribution is -2.52. The average molecular weight is 512 g/mol. The highest BCUT2D eigenvalue weighted by Gasteiger charge is 2.43. The van der Waals surface area contributed by atoms with Gasteiger partial charge in [-0.25, -0.2) is 0 Å². The van der Waals surface area contributed by atoms with Gasteiger partial charge in [-0.1, -0.05) is 23.2 Å². The van der Waals surface area contributed by atoms with Gasteiger partial charge in [-0.3, -0.25) is 9.59 Å². The van der Waals surface area contributed by atoms with E-state index in [1.165, 1.54) is 6.07 Å². The van der Waals surface area contributed by atoms with Crippen molar-refractivity contribution in [2.24, 2.45) is 0 Å². The fraction of sp³-hybridized carbons (Fsp3) is 0.217. The smallest absolute Gasteiger partial charge is 0.451 e. The molecule has 1 N–H and O–H groups in total. The number of hydrogen-bond donors (Lipinski definition) is 1. The van der Waals surface area contributed by atoms with Crippen LogP contribution in [0.2, 0.25) is 10.0 Å². The van der Waals surface area contributed by atoms with Crippen molar-refractivity contribution in [2.45, 2.75) is 6.18 Å². The minimum atomic E-state index is -4.91. The second kappa shape index (κ2) is 9.60. The number of carbonyl (C=O) groups is 2. The average Bonchev–Trinajstić information content (AvgIpc) is 3.29. The summed E-state index contributed by atoms with van der Waals surface area (Å²) in [4.78, 5) is 26.9. The van der Waals surface area contributed by atoms with Crippen molar-refractivity contribution in [1.82, 2.24) is 4.90 Å². The van der Waals surface area contributed by atoms with Gasteiger partial charge in [0.15, 0.2) is 5.76 Å². The lowest BCUT2D eigenvalue weighted by molar-refractivity contribution is -0.185. The van der Waals surface area contributed by atoms with Crippen molar-refractivity contribution in [3.05, 3.63) is 70.4 Å². The number of alkyl halides is 3. The van der Waals surface area contributed by atoms with Crippen LogP contribution >= 0.6 is 23.2 Å². The zero-order chi connectivity index (χ0) is 24.5. The van der Waals surface area contributed by atoms with Crippen LogP contribution in [0.3, 0.4) is 0 Å². The molecule has 0 spiro atoms. The van der Waals surface area contributed by atoms with E-state index in [0.717, 1.165) is 10.5 Å².